The van der Waals surface area contributed by atoms with E-state index < -0.39 is 0 Å². The highest BCUT2D eigenvalue weighted by Gasteiger charge is 2.41. The first kappa shape index (κ1) is 14.7. The molecule has 2 unspecified atom stereocenters. The Morgan fingerprint density at radius 1 is 1.17 bits per heavy atom. The molecule has 0 aromatic carbocycles. The highest BCUT2D eigenvalue weighted by atomic mass is 32.2. The van der Waals surface area contributed by atoms with Crippen molar-refractivity contribution in [2.75, 3.05) is 19.6 Å². The van der Waals surface area contributed by atoms with Crippen LogP contribution in [0.15, 0.2) is 0 Å². The number of hydrogen-bond acceptors (Lipinski definition) is 3. The Balaban J connectivity index is 2.03. The van der Waals surface area contributed by atoms with Crippen molar-refractivity contribution in [3.8, 4) is 0 Å². The summed E-state index contributed by atoms with van der Waals surface area (Å²) in [6.45, 7) is 10.4. The van der Waals surface area contributed by atoms with Gasteiger partial charge in [0.2, 0.25) is 0 Å². The molecule has 2 N–H and O–H groups in total. The summed E-state index contributed by atoms with van der Waals surface area (Å²) in [6.07, 6.45) is 6.78. The average Bonchev–Trinajstić information content (AvgIpc) is 2.37. The lowest BCUT2D eigenvalue weighted by Crippen LogP contribution is -2.60. The van der Waals surface area contributed by atoms with E-state index in [9.17, 15) is 0 Å². The van der Waals surface area contributed by atoms with E-state index in [2.05, 4.69) is 37.4 Å². The number of hydrogen-bond donors (Lipinski definition) is 1. The first-order chi connectivity index (χ1) is 8.59. The van der Waals surface area contributed by atoms with Crippen LogP contribution in [0.3, 0.4) is 0 Å². The number of thioether (sulfide) groups is 1. The summed E-state index contributed by atoms with van der Waals surface area (Å²) in [5.41, 5.74) is 6.53. The SMILES string of the molecule is CCC1CCC(CN)(N2CC(C)SC(C)C2)CC1. The Morgan fingerprint density at radius 2 is 1.72 bits per heavy atom. The summed E-state index contributed by atoms with van der Waals surface area (Å²) in [4.78, 5) is 2.74. The fourth-order valence-corrected chi connectivity index (χ4v) is 5.16. The molecule has 1 saturated carbocycles. The van der Waals surface area contributed by atoms with Crippen molar-refractivity contribution >= 4 is 11.8 Å². The molecule has 2 rings (SSSR count). The van der Waals surface area contributed by atoms with Gasteiger partial charge < -0.3 is 5.73 Å². The van der Waals surface area contributed by atoms with Crippen molar-refractivity contribution in [1.29, 1.82) is 0 Å². The van der Waals surface area contributed by atoms with Gasteiger partial charge in [0.1, 0.15) is 0 Å². The van der Waals surface area contributed by atoms with E-state index >= 15 is 0 Å². The van der Waals surface area contributed by atoms with Gasteiger partial charge in [0.15, 0.2) is 0 Å². The van der Waals surface area contributed by atoms with Crippen molar-refractivity contribution in [1.82, 2.24) is 4.90 Å². The molecule has 0 aromatic heterocycles. The van der Waals surface area contributed by atoms with Gasteiger partial charge in [-0.15, -0.1) is 0 Å². The molecular weight excluding hydrogens is 240 g/mol. The topological polar surface area (TPSA) is 29.3 Å². The van der Waals surface area contributed by atoms with Crippen molar-refractivity contribution in [3.63, 3.8) is 0 Å². The van der Waals surface area contributed by atoms with Gasteiger partial charge in [-0.05, 0) is 31.6 Å². The minimum atomic E-state index is 0.329. The molecule has 0 aromatic rings. The van der Waals surface area contributed by atoms with Gasteiger partial charge in [-0.25, -0.2) is 0 Å². The standard InChI is InChI=1S/C15H30N2S/c1-4-14-5-7-15(11-16,8-6-14)17-9-12(2)18-13(3)10-17/h12-14H,4-11,16H2,1-3H3. The minimum absolute atomic E-state index is 0.329. The zero-order valence-electron chi connectivity index (χ0n) is 12.3. The maximum Gasteiger partial charge on any atom is 0.0332 e. The normalized spacial score (nSPS) is 43.0. The molecule has 1 heterocycles. The second kappa shape index (κ2) is 6.15. The fraction of sp³-hybridized carbons (Fsp3) is 1.00. The molecule has 18 heavy (non-hydrogen) atoms. The van der Waals surface area contributed by atoms with Crippen LogP contribution in [0.1, 0.15) is 52.9 Å². The third-order valence-electron chi connectivity index (χ3n) is 5.08. The van der Waals surface area contributed by atoms with E-state index in [1.165, 1.54) is 45.2 Å². The Kier molecular flexibility index (Phi) is 5.01. The molecular formula is C15H30N2S. The number of nitrogens with two attached hydrogens (primary N) is 1. The van der Waals surface area contributed by atoms with Crippen LogP contribution in [0.4, 0.5) is 0 Å². The summed E-state index contributed by atoms with van der Waals surface area (Å²) >= 11 is 2.14. The molecule has 1 aliphatic carbocycles. The molecule has 1 aliphatic heterocycles. The van der Waals surface area contributed by atoms with Crippen molar-refractivity contribution in [2.24, 2.45) is 11.7 Å². The Morgan fingerprint density at radius 3 is 2.17 bits per heavy atom. The molecule has 106 valence electrons. The molecule has 3 heteroatoms. The highest BCUT2D eigenvalue weighted by Crippen LogP contribution is 2.40. The van der Waals surface area contributed by atoms with E-state index in [1.807, 2.05) is 0 Å². The third kappa shape index (κ3) is 3.05. The van der Waals surface area contributed by atoms with Crippen LogP contribution in [0.2, 0.25) is 0 Å². The van der Waals surface area contributed by atoms with Gasteiger partial charge in [-0.3, -0.25) is 4.90 Å². The number of nitrogens with zero attached hydrogens (tertiary/aromatic N) is 1. The second-order valence-electron chi connectivity index (χ2n) is 6.44. The first-order valence-electron chi connectivity index (χ1n) is 7.70. The first-order valence-corrected chi connectivity index (χ1v) is 8.64. The van der Waals surface area contributed by atoms with Gasteiger partial charge in [0.05, 0.1) is 0 Å². The van der Waals surface area contributed by atoms with Crippen LogP contribution < -0.4 is 5.73 Å². The summed E-state index contributed by atoms with van der Waals surface area (Å²) < 4.78 is 0. The monoisotopic (exact) mass is 270 g/mol. The quantitative estimate of drug-likeness (QED) is 0.854. The molecule has 0 radical (unpaired) electrons. The van der Waals surface area contributed by atoms with Crippen LogP contribution in [0.5, 0.6) is 0 Å². The molecule has 2 nitrogen and oxygen atoms in total. The Hall–Kier alpha value is 0.270. The zero-order chi connectivity index (χ0) is 13.2. The average molecular weight is 270 g/mol. The maximum absolute atomic E-state index is 6.20. The second-order valence-corrected chi connectivity index (χ2v) is 8.32. The molecule has 0 spiro atoms. The summed E-state index contributed by atoms with van der Waals surface area (Å²) in [5, 5.41) is 1.53. The lowest BCUT2D eigenvalue weighted by atomic mass is 9.74. The van der Waals surface area contributed by atoms with Crippen molar-refractivity contribution in [3.05, 3.63) is 0 Å². The van der Waals surface area contributed by atoms with Crippen molar-refractivity contribution in [2.45, 2.75) is 68.9 Å². The van der Waals surface area contributed by atoms with Gasteiger partial charge in [0.25, 0.3) is 0 Å². The zero-order valence-corrected chi connectivity index (χ0v) is 13.1. The summed E-state index contributed by atoms with van der Waals surface area (Å²) in [5.74, 6) is 0.957. The van der Waals surface area contributed by atoms with Crippen LogP contribution >= 0.6 is 11.8 Å². The Labute approximate surface area is 117 Å². The smallest absolute Gasteiger partial charge is 0.0332 e. The molecule has 2 fully saturated rings. The predicted octanol–water partition coefficient (Wildman–Crippen LogP) is 3.11. The molecule has 2 aliphatic rings. The van der Waals surface area contributed by atoms with Gasteiger partial charge in [-0.2, -0.15) is 11.8 Å². The van der Waals surface area contributed by atoms with E-state index in [0.29, 0.717) is 5.54 Å². The minimum Gasteiger partial charge on any atom is -0.329 e. The number of rotatable bonds is 3. The van der Waals surface area contributed by atoms with E-state index in [1.54, 1.807) is 0 Å². The van der Waals surface area contributed by atoms with Gasteiger partial charge in [0, 0.05) is 35.7 Å². The largest absolute Gasteiger partial charge is 0.329 e. The molecule has 2 atom stereocenters. The maximum atomic E-state index is 6.20. The van der Waals surface area contributed by atoms with Crippen LogP contribution in [-0.4, -0.2) is 40.6 Å². The van der Waals surface area contributed by atoms with E-state index in [0.717, 1.165) is 23.0 Å². The van der Waals surface area contributed by atoms with Crippen molar-refractivity contribution < 1.29 is 0 Å². The molecule has 1 saturated heterocycles. The highest BCUT2D eigenvalue weighted by molar-refractivity contribution is 8.00. The Bertz CT molecular complexity index is 251. The fourth-order valence-electron chi connectivity index (χ4n) is 3.84. The lowest BCUT2D eigenvalue weighted by molar-refractivity contribution is 0.0404. The lowest BCUT2D eigenvalue weighted by Gasteiger charge is -2.51. The van der Waals surface area contributed by atoms with Gasteiger partial charge >= 0.3 is 0 Å². The van der Waals surface area contributed by atoms with Crippen LogP contribution in [0, 0.1) is 5.92 Å². The van der Waals surface area contributed by atoms with Crippen LogP contribution in [0.25, 0.3) is 0 Å². The van der Waals surface area contributed by atoms with E-state index in [4.69, 9.17) is 5.73 Å². The summed E-state index contributed by atoms with van der Waals surface area (Å²) in [6, 6.07) is 0. The third-order valence-corrected chi connectivity index (χ3v) is 6.31. The van der Waals surface area contributed by atoms with Crippen LogP contribution in [-0.2, 0) is 0 Å². The predicted molar refractivity (Wildman–Crippen MR) is 82.1 cm³/mol. The molecule has 0 bridgehead atoms. The summed E-state index contributed by atoms with van der Waals surface area (Å²) in [7, 11) is 0. The van der Waals surface area contributed by atoms with E-state index in [-0.39, 0.29) is 0 Å². The van der Waals surface area contributed by atoms with Gasteiger partial charge in [-0.1, -0.05) is 27.2 Å². The molecule has 0 amide bonds.